The Kier molecular flexibility index (Phi) is 3.18. The highest BCUT2D eigenvalue weighted by Gasteiger charge is 2.17. The quantitative estimate of drug-likeness (QED) is 0.796. The molecular weight excluding hydrogens is 214 g/mol. The van der Waals surface area contributed by atoms with Crippen molar-refractivity contribution in [1.29, 1.82) is 0 Å². The van der Waals surface area contributed by atoms with Crippen molar-refractivity contribution in [3.63, 3.8) is 0 Å². The summed E-state index contributed by atoms with van der Waals surface area (Å²) in [4.78, 5) is 13.3. The summed E-state index contributed by atoms with van der Waals surface area (Å²) >= 11 is 0. The van der Waals surface area contributed by atoms with Gasteiger partial charge in [-0.2, -0.15) is 0 Å². The van der Waals surface area contributed by atoms with Gasteiger partial charge in [0.2, 0.25) is 0 Å². The van der Waals surface area contributed by atoms with Crippen LogP contribution in [0.4, 0.5) is 5.69 Å². The molecule has 0 bridgehead atoms. The molecule has 1 aliphatic rings. The molecule has 0 spiro atoms. The maximum Gasteiger partial charge on any atom is 0.337 e. The number of carboxylic acids is 1. The molecule has 1 aromatic rings. The zero-order chi connectivity index (χ0) is 12.4. The summed E-state index contributed by atoms with van der Waals surface area (Å²) in [7, 11) is 0. The fraction of sp³-hybridized carbons (Fsp3) is 0.357. The number of aromatic carboxylic acids is 1. The van der Waals surface area contributed by atoms with Crippen LogP contribution in [-0.4, -0.2) is 24.2 Å². The molecule has 0 amide bonds. The van der Waals surface area contributed by atoms with Crippen molar-refractivity contribution >= 4 is 11.7 Å². The van der Waals surface area contributed by atoms with Crippen LogP contribution in [0.1, 0.15) is 29.3 Å². The molecular formula is C14H17NO2. The maximum atomic E-state index is 11.2. The first-order valence-corrected chi connectivity index (χ1v) is 5.82. The molecule has 17 heavy (non-hydrogen) atoms. The van der Waals surface area contributed by atoms with Crippen LogP contribution in [0, 0.1) is 6.92 Å². The van der Waals surface area contributed by atoms with Crippen LogP contribution in [0.15, 0.2) is 29.8 Å². The Bertz CT molecular complexity index is 477. The van der Waals surface area contributed by atoms with Gasteiger partial charge in [-0.25, -0.2) is 4.79 Å². The fourth-order valence-corrected chi connectivity index (χ4v) is 2.07. The van der Waals surface area contributed by atoms with Crippen molar-refractivity contribution in [2.45, 2.75) is 20.3 Å². The summed E-state index contributed by atoms with van der Waals surface area (Å²) in [5.41, 5.74) is 3.70. The molecule has 1 aromatic carbocycles. The molecule has 0 saturated heterocycles. The van der Waals surface area contributed by atoms with Crippen LogP contribution in [0.25, 0.3) is 0 Å². The van der Waals surface area contributed by atoms with E-state index in [0.717, 1.165) is 30.8 Å². The smallest absolute Gasteiger partial charge is 0.337 e. The van der Waals surface area contributed by atoms with Gasteiger partial charge in [-0.05, 0) is 38.0 Å². The Labute approximate surface area is 101 Å². The standard InChI is InChI=1S/C14H17NO2/c1-10-5-7-15(8-6-10)13-9-11(2)3-4-12(13)14(16)17/h3-5,9H,6-8H2,1-2H3,(H,16,17). The third-order valence-corrected chi connectivity index (χ3v) is 3.16. The SMILES string of the molecule is CC1=CCN(c2cc(C)ccc2C(=O)O)CC1. The summed E-state index contributed by atoms with van der Waals surface area (Å²) in [6.07, 6.45) is 3.17. The zero-order valence-electron chi connectivity index (χ0n) is 10.2. The first kappa shape index (κ1) is 11.7. The molecule has 0 atom stereocenters. The summed E-state index contributed by atoms with van der Waals surface area (Å²) in [6.45, 7) is 5.80. The number of benzene rings is 1. The normalized spacial score (nSPS) is 15.6. The topological polar surface area (TPSA) is 40.5 Å². The van der Waals surface area contributed by atoms with Crippen LogP contribution in [0.2, 0.25) is 0 Å². The van der Waals surface area contributed by atoms with Crippen LogP contribution in [0.5, 0.6) is 0 Å². The van der Waals surface area contributed by atoms with E-state index in [9.17, 15) is 9.90 Å². The third-order valence-electron chi connectivity index (χ3n) is 3.16. The van der Waals surface area contributed by atoms with Crippen molar-refractivity contribution in [3.8, 4) is 0 Å². The highest BCUT2D eigenvalue weighted by atomic mass is 16.4. The minimum Gasteiger partial charge on any atom is -0.478 e. The van der Waals surface area contributed by atoms with Crippen LogP contribution in [-0.2, 0) is 0 Å². The van der Waals surface area contributed by atoms with Gasteiger partial charge in [-0.1, -0.05) is 17.7 Å². The summed E-state index contributed by atoms with van der Waals surface area (Å²) in [5.74, 6) is -0.855. The van der Waals surface area contributed by atoms with Crippen LogP contribution in [0.3, 0.4) is 0 Å². The Morgan fingerprint density at radius 3 is 2.71 bits per heavy atom. The van der Waals surface area contributed by atoms with E-state index in [0.29, 0.717) is 5.56 Å². The molecule has 2 rings (SSSR count). The molecule has 0 fully saturated rings. The third kappa shape index (κ3) is 2.49. The maximum absolute atomic E-state index is 11.2. The van der Waals surface area contributed by atoms with Gasteiger partial charge in [0.1, 0.15) is 0 Å². The number of rotatable bonds is 2. The van der Waals surface area contributed by atoms with E-state index in [-0.39, 0.29) is 0 Å². The average Bonchev–Trinajstić information content (AvgIpc) is 2.29. The monoisotopic (exact) mass is 231 g/mol. The van der Waals surface area contributed by atoms with Crippen molar-refractivity contribution in [3.05, 3.63) is 41.0 Å². The molecule has 0 saturated carbocycles. The first-order valence-electron chi connectivity index (χ1n) is 5.82. The van der Waals surface area contributed by atoms with E-state index in [1.54, 1.807) is 6.07 Å². The molecule has 0 aliphatic carbocycles. The number of carboxylic acid groups (broad SMARTS) is 1. The Morgan fingerprint density at radius 2 is 2.12 bits per heavy atom. The number of carbonyl (C=O) groups is 1. The largest absolute Gasteiger partial charge is 0.478 e. The highest BCUT2D eigenvalue weighted by molar-refractivity contribution is 5.94. The second kappa shape index (κ2) is 4.62. The summed E-state index contributed by atoms with van der Waals surface area (Å²) in [6, 6.07) is 5.49. The van der Waals surface area contributed by atoms with Crippen molar-refractivity contribution < 1.29 is 9.90 Å². The molecule has 1 N–H and O–H groups in total. The van der Waals surface area contributed by atoms with E-state index in [1.807, 2.05) is 19.1 Å². The van der Waals surface area contributed by atoms with E-state index in [2.05, 4.69) is 17.9 Å². The van der Waals surface area contributed by atoms with Crippen LogP contribution < -0.4 is 4.90 Å². The lowest BCUT2D eigenvalue weighted by molar-refractivity contribution is 0.0697. The van der Waals surface area contributed by atoms with Gasteiger partial charge in [0.05, 0.1) is 11.3 Å². The predicted molar refractivity (Wildman–Crippen MR) is 68.7 cm³/mol. The molecule has 3 nitrogen and oxygen atoms in total. The van der Waals surface area contributed by atoms with Gasteiger partial charge in [-0.15, -0.1) is 0 Å². The Balaban J connectivity index is 2.37. The minimum atomic E-state index is -0.855. The van der Waals surface area contributed by atoms with Crippen LogP contribution >= 0.6 is 0 Å². The number of hydrogen-bond acceptors (Lipinski definition) is 2. The van der Waals surface area contributed by atoms with Crippen molar-refractivity contribution in [2.75, 3.05) is 18.0 Å². The minimum absolute atomic E-state index is 0.392. The Hall–Kier alpha value is -1.77. The lowest BCUT2D eigenvalue weighted by Gasteiger charge is -2.29. The fourth-order valence-electron chi connectivity index (χ4n) is 2.07. The Morgan fingerprint density at radius 1 is 1.35 bits per heavy atom. The predicted octanol–water partition coefficient (Wildman–Crippen LogP) is 2.85. The number of anilines is 1. The highest BCUT2D eigenvalue weighted by Crippen LogP contribution is 2.25. The molecule has 0 unspecified atom stereocenters. The summed E-state index contributed by atoms with van der Waals surface area (Å²) < 4.78 is 0. The van der Waals surface area contributed by atoms with Gasteiger partial charge in [0.15, 0.2) is 0 Å². The summed E-state index contributed by atoms with van der Waals surface area (Å²) in [5, 5.41) is 9.20. The molecule has 0 aromatic heterocycles. The van der Waals surface area contributed by atoms with E-state index in [4.69, 9.17) is 0 Å². The molecule has 90 valence electrons. The van der Waals surface area contributed by atoms with Crippen molar-refractivity contribution in [1.82, 2.24) is 0 Å². The number of aryl methyl sites for hydroxylation is 1. The molecule has 0 radical (unpaired) electrons. The lowest BCUT2D eigenvalue weighted by Crippen LogP contribution is -2.29. The van der Waals surface area contributed by atoms with Gasteiger partial charge < -0.3 is 10.0 Å². The lowest BCUT2D eigenvalue weighted by atomic mass is 10.1. The second-order valence-corrected chi connectivity index (χ2v) is 4.57. The molecule has 3 heteroatoms. The van der Waals surface area contributed by atoms with Gasteiger partial charge >= 0.3 is 5.97 Å². The van der Waals surface area contributed by atoms with Gasteiger partial charge in [-0.3, -0.25) is 0 Å². The second-order valence-electron chi connectivity index (χ2n) is 4.57. The van der Waals surface area contributed by atoms with Gasteiger partial charge in [0, 0.05) is 13.1 Å². The first-order chi connectivity index (χ1) is 8.08. The van der Waals surface area contributed by atoms with E-state index >= 15 is 0 Å². The number of nitrogens with zero attached hydrogens (tertiary/aromatic N) is 1. The van der Waals surface area contributed by atoms with E-state index in [1.165, 1.54) is 5.57 Å². The number of hydrogen-bond donors (Lipinski definition) is 1. The average molecular weight is 231 g/mol. The van der Waals surface area contributed by atoms with E-state index < -0.39 is 5.97 Å². The van der Waals surface area contributed by atoms with Crippen molar-refractivity contribution in [2.24, 2.45) is 0 Å². The molecule has 1 aliphatic heterocycles. The molecule has 1 heterocycles. The van der Waals surface area contributed by atoms with Gasteiger partial charge in [0.25, 0.3) is 0 Å². The zero-order valence-corrected chi connectivity index (χ0v) is 10.2.